The second-order valence-corrected chi connectivity index (χ2v) is 6.38. The SMILES string of the molecule is CCOc1ccc(Br)cc1C(=O)Nc1ccc(Oc2ccccc2)cc1. The van der Waals surface area contributed by atoms with E-state index in [2.05, 4.69) is 21.2 Å². The van der Waals surface area contributed by atoms with Crippen molar-refractivity contribution in [2.45, 2.75) is 6.92 Å². The van der Waals surface area contributed by atoms with Crippen LogP contribution in [0.3, 0.4) is 0 Å². The van der Waals surface area contributed by atoms with E-state index in [1.54, 1.807) is 24.3 Å². The zero-order valence-corrected chi connectivity index (χ0v) is 15.8. The number of para-hydroxylation sites is 1. The summed E-state index contributed by atoms with van der Waals surface area (Å²) in [7, 11) is 0. The Morgan fingerprint density at radius 1 is 0.962 bits per heavy atom. The summed E-state index contributed by atoms with van der Waals surface area (Å²) in [6.07, 6.45) is 0. The van der Waals surface area contributed by atoms with E-state index in [0.717, 1.165) is 10.2 Å². The molecule has 3 rings (SSSR count). The molecule has 0 fully saturated rings. The van der Waals surface area contributed by atoms with E-state index in [4.69, 9.17) is 9.47 Å². The molecule has 1 amide bonds. The summed E-state index contributed by atoms with van der Waals surface area (Å²) in [6, 6.07) is 22.1. The Balaban J connectivity index is 1.71. The topological polar surface area (TPSA) is 47.6 Å². The minimum atomic E-state index is -0.230. The number of halogens is 1. The fraction of sp³-hybridized carbons (Fsp3) is 0.0952. The molecule has 0 spiro atoms. The summed E-state index contributed by atoms with van der Waals surface area (Å²) < 4.78 is 12.1. The molecular weight excluding hydrogens is 394 g/mol. The lowest BCUT2D eigenvalue weighted by Gasteiger charge is -2.12. The van der Waals surface area contributed by atoms with Crippen molar-refractivity contribution in [2.75, 3.05) is 11.9 Å². The normalized spacial score (nSPS) is 10.2. The quantitative estimate of drug-likeness (QED) is 0.549. The molecule has 5 heteroatoms. The number of anilines is 1. The number of carbonyl (C=O) groups excluding carboxylic acids is 1. The number of hydrogen-bond donors (Lipinski definition) is 1. The molecule has 3 aromatic carbocycles. The molecule has 3 aromatic rings. The highest BCUT2D eigenvalue weighted by atomic mass is 79.9. The largest absolute Gasteiger partial charge is 0.493 e. The van der Waals surface area contributed by atoms with Crippen molar-refractivity contribution in [1.29, 1.82) is 0 Å². The summed E-state index contributed by atoms with van der Waals surface area (Å²) in [4.78, 5) is 12.6. The zero-order valence-electron chi connectivity index (χ0n) is 14.2. The molecule has 26 heavy (non-hydrogen) atoms. The van der Waals surface area contributed by atoms with Gasteiger partial charge in [-0.1, -0.05) is 34.1 Å². The van der Waals surface area contributed by atoms with Gasteiger partial charge in [-0.05, 0) is 61.5 Å². The zero-order chi connectivity index (χ0) is 18.4. The lowest BCUT2D eigenvalue weighted by Crippen LogP contribution is -2.13. The molecule has 0 aromatic heterocycles. The average Bonchev–Trinajstić information content (AvgIpc) is 2.66. The molecule has 0 bridgehead atoms. The molecule has 0 heterocycles. The molecule has 0 saturated carbocycles. The fourth-order valence-electron chi connectivity index (χ4n) is 2.39. The molecule has 0 aliphatic rings. The summed E-state index contributed by atoms with van der Waals surface area (Å²) in [5, 5.41) is 2.88. The number of hydrogen-bond acceptors (Lipinski definition) is 3. The molecule has 0 unspecified atom stereocenters. The van der Waals surface area contributed by atoms with E-state index in [1.165, 1.54) is 0 Å². The molecule has 0 aliphatic carbocycles. The Hall–Kier alpha value is -2.79. The van der Waals surface area contributed by atoms with Gasteiger partial charge in [0.2, 0.25) is 0 Å². The van der Waals surface area contributed by atoms with Gasteiger partial charge >= 0.3 is 0 Å². The molecule has 132 valence electrons. The van der Waals surface area contributed by atoms with Gasteiger partial charge in [0, 0.05) is 10.2 Å². The third kappa shape index (κ3) is 4.64. The van der Waals surface area contributed by atoms with Crippen LogP contribution in [0.4, 0.5) is 5.69 Å². The van der Waals surface area contributed by atoms with Crippen LogP contribution in [-0.4, -0.2) is 12.5 Å². The molecular formula is C21H18BrNO3. The van der Waals surface area contributed by atoms with Crippen LogP contribution in [0.2, 0.25) is 0 Å². The maximum Gasteiger partial charge on any atom is 0.259 e. The van der Waals surface area contributed by atoms with Crippen LogP contribution in [0, 0.1) is 0 Å². The van der Waals surface area contributed by atoms with Crippen molar-refractivity contribution in [3.05, 3.63) is 82.8 Å². The summed E-state index contributed by atoms with van der Waals surface area (Å²) in [5.41, 5.74) is 1.16. The van der Waals surface area contributed by atoms with Gasteiger partial charge in [0.05, 0.1) is 12.2 Å². The monoisotopic (exact) mass is 411 g/mol. The van der Waals surface area contributed by atoms with Gasteiger partial charge in [-0.25, -0.2) is 0 Å². The van der Waals surface area contributed by atoms with E-state index >= 15 is 0 Å². The van der Waals surface area contributed by atoms with Gasteiger partial charge in [-0.15, -0.1) is 0 Å². The van der Waals surface area contributed by atoms with E-state index < -0.39 is 0 Å². The molecule has 1 N–H and O–H groups in total. The van der Waals surface area contributed by atoms with E-state index in [-0.39, 0.29) is 5.91 Å². The van der Waals surface area contributed by atoms with E-state index in [9.17, 15) is 4.79 Å². The number of nitrogens with one attached hydrogen (secondary N) is 1. The Morgan fingerprint density at radius 2 is 1.65 bits per heavy atom. The lowest BCUT2D eigenvalue weighted by atomic mass is 10.2. The molecule has 0 aliphatic heterocycles. The van der Waals surface area contributed by atoms with Crippen LogP contribution in [-0.2, 0) is 0 Å². The minimum Gasteiger partial charge on any atom is -0.493 e. The molecule has 0 atom stereocenters. The first-order valence-corrected chi connectivity index (χ1v) is 9.01. The average molecular weight is 412 g/mol. The Labute approximate surface area is 160 Å². The van der Waals surface area contributed by atoms with Crippen molar-refractivity contribution in [1.82, 2.24) is 0 Å². The van der Waals surface area contributed by atoms with Gasteiger partial charge in [0.25, 0.3) is 5.91 Å². The fourth-order valence-corrected chi connectivity index (χ4v) is 2.75. The highest BCUT2D eigenvalue weighted by Crippen LogP contribution is 2.26. The second kappa shape index (κ2) is 8.54. The summed E-state index contributed by atoms with van der Waals surface area (Å²) in [6.45, 7) is 2.38. The van der Waals surface area contributed by atoms with Crippen molar-refractivity contribution in [2.24, 2.45) is 0 Å². The third-order valence-corrected chi connectivity index (χ3v) is 4.07. The summed E-state index contributed by atoms with van der Waals surface area (Å²) >= 11 is 3.39. The maximum atomic E-state index is 12.6. The Bertz CT molecular complexity index is 880. The van der Waals surface area contributed by atoms with Crippen LogP contribution in [0.1, 0.15) is 17.3 Å². The van der Waals surface area contributed by atoms with Gasteiger partial charge < -0.3 is 14.8 Å². The number of ether oxygens (including phenoxy) is 2. The molecule has 4 nitrogen and oxygen atoms in total. The predicted octanol–water partition coefficient (Wildman–Crippen LogP) is 5.89. The third-order valence-electron chi connectivity index (χ3n) is 3.58. The first kappa shape index (κ1) is 18.0. The highest BCUT2D eigenvalue weighted by molar-refractivity contribution is 9.10. The maximum absolute atomic E-state index is 12.6. The Morgan fingerprint density at radius 3 is 2.35 bits per heavy atom. The van der Waals surface area contributed by atoms with Gasteiger partial charge in [0.1, 0.15) is 17.2 Å². The van der Waals surface area contributed by atoms with Crippen LogP contribution >= 0.6 is 15.9 Å². The second-order valence-electron chi connectivity index (χ2n) is 5.47. The predicted molar refractivity (Wildman–Crippen MR) is 106 cm³/mol. The molecule has 0 radical (unpaired) electrons. The number of amides is 1. The van der Waals surface area contributed by atoms with Crippen molar-refractivity contribution in [3.8, 4) is 17.2 Å². The van der Waals surface area contributed by atoms with Crippen LogP contribution in [0.25, 0.3) is 0 Å². The van der Waals surface area contributed by atoms with Crippen LogP contribution in [0.5, 0.6) is 17.2 Å². The van der Waals surface area contributed by atoms with E-state index in [0.29, 0.717) is 29.4 Å². The van der Waals surface area contributed by atoms with Crippen molar-refractivity contribution in [3.63, 3.8) is 0 Å². The first-order valence-electron chi connectivity index (χ1n) is 8.22. The van der Waals surface area contributed by atoms with Gasteiger partial charge in [-0.3, -0.25) is 4.79 Å². The number of benzene rings is 3. The minimum absolute atomic E-state index is 0.230. The van der Waals surface area contributed by atoms with Crippen molar-refractivity contribution >= 4 is 27.5 Å². The lowest BCUT2D eigenvalue weighted by molar-refractivity contribution is 0.102. The number of rotatable bonds is 6. The van der Waals surface area contributed by atoms with Gasteiger partial charge in [-0.2, -0.15) is 0 Å². The highest BCUT2D eigenvalue weighted by Gasteiger charge is 2.13. The molecule has 0 saturated heterocycles. The van der Waals surface area contributed by atoms with Crippen LogP contribution in [0.15, 0.2) is 77.3 Å². The number of carbonyl (C=O) groups is 1. The summed E-state index contributed by atoms with van der Waals surface area (Å²) in [5.74, 6) is 1.79. The smallest absolute Gasteiger partial charge is 0.259 e. The van der Waals surface area contributed by atoms with E-state index in [1.807, 2.05) is 55.5 Å². The first-order chi connectivity index (χ1) is 12.7. The Kier molecular flexibility index (Phi) is 5.92. The van der Waals surface area contributed by atoms with Crippen molar-refractivity contribution < 1.29 is 14.3 Å². The van der Waals surface area contributed by atoms with Gasteiger partial charge in [0.15, 0.2) is 0 Å². The standard InChI is InChI=1S/C21H18BrNO3/c1-2-25-20-13-8-15(22)14-19(20)21(24)23-16-9-11-18(12-10-16)26-17-6-4-3-5-7-17/h3-14H,2H2,1H3,(H,23,24). The van der Waals surface area contributed by atoms with Crippen LogP contribution < -0.4 is 14.8 Å².